The predicted molar refractivity (Wildman–Crippen MR) is 82.1 cm³/mol. The van der Waals surface area contributed by atoms with Gasteiger partial charge in [-0.1, -0.05) is 30.3 Å². The van der Waals surface area contributed by atoms with E-state index in [1.165, 1.54) is 11.3 Å². The van der Waals surface area contributed by atoms with Gasteiger partial charge < -0.3 is 10.4 Å². The number of hydrogen-bond donors (Lipinski definition) is 3. The van der Waals surface area contributed by atoms with Crippen LogP contribution in [0.5, 0.6) is 0 Å². The van der Waals surface area contributed by atoms with E-state index in [-0.39, 0.29) is 18.7 Å². The fourth-order valence-electron chi connectivity index (χ4n) is 1.94. The van der Waals surface area contributed by atoms with Gasteiger partial charge in [0.1, 0.15) is 0 Å². The van der Waals surface area contributed by atoms with Crippen molar-refractivity contribution < 1.29 is 9.90 Å². The third kappa shape index (κ3) is 4.08. The molecule has 0 aliphatic carbocycles. The van der Waals surface area contributed by atoms with E-state index in [1.54, 1.807) is 0 Å². The first-order valence-corrected chi connectivity index (χ1v) is 7.30. The zero-order valence-corrected chi connectivity index (χ0v) is 12.1. The van der Waals surface area contributed by atoms with E-state index in [1.807, 2.05) is 49.4 Å². The smallest absolute Gasteiger partial charge is 0.320 e. The normalized spacial score (nSPS) is 11.9. The number of carbonyl (C=O) groups is 1. The fraction of sp³-hybridized carbons (Fsp3) is 0.267. The van der Waals surface area contributed by atoms with Crippen LogP contribution in [0.4, 0.5) is 9.80 Å². The van der Waals surface area contributed by atoms with Gasteiger partial charge in [0.2, 0.25) is 0 Å². The van der Waals surface area contributed by atoms with E-state index >= 15 is 0 Å². The molecular weight excluding hydrogens is 272 g/mol. The van der Waals surface area contributed by atoms with Crippen LogP contribution >= 0.6 is 11.3 Å². The molecular formula is C15H18N2O2S. The summed E-state index contributed by atoms with van der Waals surface area (Å²) in [4.78, 5) is 13.1. The summed E-state index contributed by atoms with van der Waals surface area (Å²) in [6, 6.07) is 13.0. The van der Waals surface area contributed by atoms with Crippen LogP contribution in [0.25, 0.3) is 0 Å². The third-order valence-corrected chi connectivity index (χ3v) is 3.82. The van der Waals surface area contributed by atoms with E-state index in [0.29, 0.717) is 6.42 Å². The fourth-order valence-corrected chi connectivity index (χ4v) is 2.71. The van der Waals surface area contributed by atoms with Gasteiger partial charge in [0.05, 0.1) is 11.0 Å². The van der Waals surface area contributed by atoms with Gasteiger partial charge in [-0.05, 0) is 31.0 Å². The Bertz CT molecular complexity index is 554. The number of carbonyl (C=O) groups excluding carboxylic acids is 1. The number of aryl methyl sites for hydroxylation is 1. The van der Waals surface area contributed by atoms with E-state index in [9.17, 15) is 4.79 Å². The van der Waals surface area contributed by atoms with Gasteiger partial charge in [-0.25, -0.2) is 4.79 Å². The van der Waals surface area contributed by atoms with Crippen LogP contribution in [-0.4, -0.2) is 17.7 Å². The molecule has 5 heteroatoms. The summed E-state index contributed by atoms with van der Waals surface area (Å²) in [5.74, 6) is 0. The number of aliphatic hydroxyl groups is 1. The lowest BCUT2D eigenvalue weighted by atomic mass is 10.0. The first kappa shape index (κ1) is 14.6. The van der Waals surface area contributed by atoms with E-state index in [0.717, 1.165) is 15.4 Å². The summed E-state index contributed by atoms with van der Waals surface area (Å²) < 4.78 is 0. The molecule has 1 atom stereocenters. The number of aliphatic hydroxyl groups excluding tert-OH is 1. The molecule has 0 saturated heterocycles. The van der Waals surface area contributed by atoms with Gasteiger partial charge >= 0.3 is 6.03 Å². The van der Waals surface area contributed by atoms with Crippen molar-refractivity contribution in [1.82, 2.24) is 5.32 Å². The number of thiophene rings is 1. The molecule has 106 valence electrons. The standard InChI is InChI=1S/C15H18N2O2S/c1-11-7-8-14(20-11)17-15(19)16-13(9-10-18)12-5-3-2-4-6-12/h2-8,13,18H,9-10H2,1H3,(H2,16,17,19)/t13-/m1/s1. The second-order valence-corrected chi connectivity index (χ2v) is 5.77. The molecule has 0 fully saturated rings. The van der Waals surface area contributed by atoms with Gasteiger partial charge in [0.15, 0.2) is 0 Å². The van der Waals surface area contributed by atoms with E-state index < -0.39 is 0 Å². The van der Waals surface area contributed by atoms with Crippen molar-refractivity contribution in [3.05, 3.63) is 52.9 Å². The van der Waals surface area contributed by atoms with Gasteiger partial charge in [0, 0.05) is 11.5 Å². The molecule has 2 amide bonds. The van der Waals surface area contributed by atoms with Crippen molar-refractivity contribution in [1.29, 1.82) is 0 Å². The average Bonchev–Trinajstić information content (AvgIpc) is 2.84. The van der Waals surface area contributed by atoms with Crippen LogP contribution in [-0.2, 0) is 0 Å². The lowest BCUT2D eigenvalue weighted by molar-refractivity contribution is 0.239. The Morgan fingerprint density at radius 3 is 2.60 bits per heavy atom. The Kier molecular flexibility index (Phi) is 5.15. The quantitative estimate of drug-likeness (QED) is 0.791. The molecule has 0 aliphatic heterocycles. The Morgan fingerprint density at radius 1 is 1.25 bits per heavy atom. The number of rotatable bonds is 5. The number of benzene rings is 1. The average molecular weight is 290 g/mol. The topological polar surface area (TPSA) is 61.4 Å². The summed E-state index contributed by atoms with van der Waals surface area (Å²) >= 11 is 1.53. The molecule has 0 saturated carbocycles. The van der Waals surface area contributed by atoms with Crippen LogP contribution in [0.2, 0.25) is 0 Å². The number of nitrogens with one attached hydrogen (secondary N) is 2. The second-order valence-electron chi connectivity index (χ2n) is 4.48. The minimum absolute atomic E-state index is 0.0257. The Morgan fingerprint density at radius 2 is 2.00 bits per heavy atom. The summed E-state index contributed by atoms with van der Waals surface area (Å²) in [5, 5.41) is 15.6. The summed E-state index contributed by atoms with van der Waals surface area (Å²) in [5.41, 5.74) is 0.985. The van der Waals surface area contributed by atoms with Gasteiger partial charge in [-0.3, -0.25) is 5.32 Å². The molecule has 2 rings (SSSR count). The number of amides is 2. The molecule has 1 heterocycles. The zero-order chi connectivity index (χ0) is 14.4. The number of urea groups is 1. The molecule has 2 aromatic rings. The molecule has 4 nitrogen and oxygen atoms in total. The minimum Gasteiger partial charge on any atom is -0.396 e. The maximum atomic E-state index is 12.0. The van der Waals surface area contributed by atoms with Crippen molar-refractivity contribution in [2.24, 2.45) is 0 Å². The number of anilines is 1. The van der Waals surface area contributed by atoms with Gasteiger partial charge in [-0.15, -0.1) is 11.3 Å². The van der Waals surface area contributed by atoms with Crippen LogP contribution in [0.1, 0.15) is 22.9 Å². The SMILES string of the molecule is Cc1ccc(NC(=O)N[C@H](CCO)c2ccccc2)s1. The Labute approximate surface area is 122 Å². The predicted octanol–water partition coefficient (Wildman–Crippen LogP) is 3.30. The van der Waals surface area contributed by atoms with Crippen LogP contribution in [0.15, 0.2) is 42.5 Å². The molecule has 0 unspecified atom stereocenters. The highest BCUT2D eigenvalue weighted by Gasteiger charge is 2.14. The van der Waals surface area contributed by atoms with Crippen LogP contribution in [0.3, 0.4) is 0 Å². The Balaban J connectivity index is 1.99. The summed E-state index contributed by atoms with van der Waals surface area (Å²) in [6.07, 6.45) is 0.487. The lowest BCUT2D eigenvalue weighted by Crippen LogP contribution is -2.32. The highest BCUT2D eigenvalue weighted by atomic mass is 32.1. The van der Waals surface area contributed by atoms with Crippen molar-refractivity contribution in [2.45, 2.75) is 19.4 Å². The van der Waals surface area contributed by atoms with Crippen LogP contribution < -0.4 is 10.6 Å². The monoisotopic (exact) mass is 290 g/mol. The zero-order valence-electron chi connectivity index (χ0n) is 11.3. The highest BCUT2D eigenvalue weighted by Crippen LogP contribution is 2.21. The van der Waals surface area contributed by atoms with Crippen molar-refractivity contribution >= 4 is 22.4 Å². The lowest BCUT2D eigenvalue weighted by Gasteiger charge is -2.18. The largest absolute Gasteiger partial charge is 0.396 e. The maximum Gasteiger partial charge on any atom is 0.320 e. The molecule has 1 aromatic heterocycles. The molecule has 0 radical (unpaired) electrons. The van der Waals surface area contributed by atoms with Gasteiger partial charge in [0.25, 0.3) is 0 Å². The van der Waals surface area contributed by atoms with Crippen molar-refractivity contribution in [3.8, 4) is 0 Å². The molecule has 20 heavy (non-hydrogen) atoms. The maximum absolute atomic E-state index is 12.0. The van der Waals surface area contributed by atoms with E-state index in [4.69, 9.17) is 5.11 Å². The molecule has 0 spiro atoms. The third-order valence-electron chi connectivity index (χ3n) is 2.90. The first-order valence-electron chi connectivity index (χ1n) is 6.49. The number of hydrogen-bond acceptors (Lipinski definition) is 3. The van der Waals surface area contributed by atoms with Gasteiger partial charge in [-0.2, -0.15) is 0 Å². The molecule has 0 bridgehead atoms. The van der Waals surface area contributed by atoms with Crippen molar-refractivity contribution in [3.63, 3.8) is 0 Å². The second kappa shape index (κ2) is 7.07. The summed E-state index contributed by atoms with van der Waals surface area (Å²) in [6.45, 7) is 2.02. The first-order chi connectivity index (χ1) is 9.69. The Hall–Kier alpha value is -1.85. The molecule has 3 N–H and O–H groups in total. The molecule has 0 aliphatic rings. The van der Waals surface area contributed by atoms with E-state index in [2.05, 4.69) is 10.6 Å². The van der Waals surface area contributed by atoms with Crippen molar-refractivity contribution in [2.75, 3.05) is 11.9 Å². The summed E-state index contributed by atoms with van der Waals surface area (Å²) in [7, 11) is 0. The minimum atomic E-state index is -0.255. The molecule has 1 aromatic carbocycles. The highest BCUT2D eigenvalue weighted by molar-refractivity contribution is 7.16. The van der Waals surface area contributed by atoms with Crippen LogP contribution in [0, 0.1) is 6.92 Å².